The number of fused-ring (bicyclic) bond motifs is 3. The van der Waals surface area contributed by atoms with Gasteiger partial charge in [0, 0.05) is 34.5 Å². The third-order valence-electron chi connectivity index (χ3n) is 9.16. The summed E-state index contributed by atoms with van der Waals surface area (Å²) in [6.07, 6.45) is 1.86. The van der Waals surface area contributed by atoms with E-state index in [2.05, 4.69) is 113 Å². The zero-order valence-electron chi connectivity index (χ0n) is 27.8. The molecule has 6 heteroatoms. The average Bonchev–Trinajstić information content (AvgIpc) is 3.52. The van der Waals surface area contributed by atoms with Crippen molar-refractivity contribution in [1.82, 2.24) is 19.3 Å². The molecule has 1 unspecified atom stereocenters. The normalized spacial score (nSPS) is 12.3. The maximum absolute atomic E-state index is 6.44. The first kappa shape index (κ1) is 32.5. The van der Waals surface area contributed by atoms with Crippen molar-refractivity contribution in [3.63, 3.8) is 0 Å². The first-order valence-electron chi connectivity index (χ1n) is 15.8. The summed E-state index contributed by atoms with van der Waals surface area (Å²) in [7, 11) is 0. The minimum atomic E-state index is 0. The van der Waals surface area contributed by atoms with Crippen LogP contribution in [0.3, 0.4) is 0 Å². The van der Waals surface area contributed by atoms with E-state index in [1.165, 1.54) is 10.9 Å². The molecule has 0 aliphatic heterocycles. The molecule has 4 aromatic carbocycles. The summed E-state index contributed by atoms with van der Waals surface area (Å²) in [5, 5.41) is 7.16. The maximum Gasteiger partial charge on any atom is 2.00 e. The standard InChI is InChI=1S/C41H38N4O.Pt/c1-26-20-21-42-39(22-26)44-37-19-16-31(27(2)41(5,6)7)23-36(37)35-18-17-34(25-38(35)44)46-33-15-11-14-32(24-33)45-29(4)40(28(3)43-45)30-12-9-8-10-13-30;/h8-23,27H,1-7H3;/q-2;+2. The Morgan fingerprint density at radius 2 is 1.55 bits per heavy atom. The van der Waals surface area contributed by atoms with E-state index >= 15 is 0 Å². The fraction of sp³-hybridized carbons (Fsp3) is 0.220. The number of hydrogen-bond acceptors (Lipinski definition) is 3. The monoisotopic (exact) mass is 797 g/mol. The second kappa shape index (κ2) is 12.6. The van der Waals surface area contributed by atoms with Crippen LogP contribution in [-0.2, 0) is 21.1 Å². The molecule has 0 spiro atoms. The Bertz CT molecular complexity index is 2220. The molecule has 0 N–H and O–H groups in total. The van der Waals surface area contributed by atoms with Crippen molar-refractivity contribution in [3.05, 3.63) is 132 Å². The van der Waals surface area contributed by atoms with Crippen LogP contribution >= 0.6 is 0 Å². The van der Waals surface area contributed by atoms with E-state index in [1.54, 1.807) is 0 Å². The van der Waals surface area contributed by atoms with Gasteiger partial charge in [0.25, 0.3) is 0 Å². The van der Waals surface area contributed by atoms with E-state index in [0.717, 1.165) is 56.0 Å². The van der Waals surface area contributed by atoms with E-state index in [-0.39, 0.29) is 26.5 Å². The predicted octanol–water partition coefficient (Wildman–Crippen LogP) is 10.5. The van der Waals surface area contributed by atoms with Crippen LogP contribution in [0.15, 0.2) is 97.2 Å². The van der Waals surface area contributed by atoms with Crippen LogP contribution in [0.5, 0.6) is 11.5 Å². The molecular formula is C41H38N4OPt. The fourth-order valence-corrected chi connectivity index (χ4v) is 6.29. The molecule has 0 aliphatic carbocycles. The van der Waals surface area contributed by atoms with Gasteiger partial charge in [0.2, 0.25) is 0 Å². The number of pyridine rings is 1. The van der Waals surface area contributed by atoms with Crippen molar-refractivity contribution in [3.8, 4) is 34.1 Å². The maximum atomic E-state index is 6.44. The SMILES string of the molecule is Cc1ccnc(-n2c3[c-]c(Oc4[c-]c(-n5nc(C)c(-c6ccccc6)c5C)ccc4)ccc3c3cc(C(C)C(C)(C)C)ccc32)c1.[Pt+2]. The van der Waals surface area contributed by atoms with Crippen molar-refractivity contribution >= 4 is 21.8 Å². The van der Waals surface area contributed by atoms with E-state index in [4.69, 9.17) is 14.8 Å². The van der Waals surface area contributed by atoms with Crippen molar-refractivity contribution in [2.75, 3.05) is 0 Å². The molecule has 1 atom stereocenters. The van der Waals surface area contributed by atoms with Crippen LogP contribution < -0.4 is 4.74 Å². The average molecular weight is 798 g/mol. The van der Waals surface area contributed by atoms with E-state index in [1.807, 2.05) is 54.2 Å². The number of aromatic nitrogens is 4. The Balaban J connectivity index is 0.00000386. The Hall–Kier alpha value is -4.47. The quantitative estimate of drug-likeness (QED) is 0.158. The summed E-state index contributed by atoms with van der Waals surface area (Å²) < 4.78 is 10.6. The summed E-state index contributed by atoms with van der Waals surface area (Å²) in [4.78, 5) is 4.76. The first-order chi connectivity index (χ1) is 22.1. The molecule has 0 bridgehead atoms. The Morgan fingerprint density at radius 3 is 2.30 bits per heavy atom. The Kier molecular flexibility index (Phi) is 8.72. The molecule has 5 nitrogen and oxygen atoms in total. The molecule has 7 aromatic rings. The van der Waals surface area contributed by atoms with Crippen molar-refractivity contribution in [1.29, 1.82) is 0 Å². The fourth-order valence-electron chi connectivity index (χ4n) is 6.29. The van der Waals surface area contributed by atoms with Gasteiger partial charge in [-0.3, -0.25) is 4.68 Å². The summed E-state index contributed by atoms with van der Waals surface area (Å²) >= 11 is 0. The van der Waals surface area contributed by atoms with Crippen LogP contribution in [0.25, 0.3) is 44.4 Å². The minimum absolute atomic E-state index is 0. The van der Waals surface area contributed by atoms with Crippen LogP contribution in [0.1, 0.15) is 56.1 Å². The van der Waals surface area contributed by atoms with Crippen LogP contribution in [0.2, 0.25) is 0 Å². The zero-order valence-corrected chi connectivity index (χ0v) is 30.1. The molecule has 0 saturated carbocycles. The van der Waals surface area contributed by atoms with Crippen LogP contribution in [0, 0.1) is 38.3 Å². The first-order valence-corrected chi connectivity index (χ1v) is 15.8. The third-order valence-corrected chi connectivity index (χ3v) is 9.16. The van der Waals surface area contributed by atoms with Crippen LogP contribution in [-0.4, -0.2) is 19.3 Å². The number of hydrogen-bond donors (Lipinski definition) is 0. The number of rotatable bonds is 6. The van der Waals surface area contributed by atoms with Gasteiger partial charge >= 0.3 is 21.1 Å². The number of aryl methyl sites for hydroxylation is 2. The van der Waals surface area contributed by atoms with Crippen molar-refractivity contribution in [2.24, 2.45) is 5.41 Å². The van der Waals surface area contributed by atoms with Gasteiger partial charge in [-0.1, -0.05) is 75.7 Å². The molecule has 0 aliphatic rings. The van der Waals surface area contributed by atoms with Gasteiger partial charge in [-0.05, 0) is 78.1 Å². The van der Waals surface area contributed by atoms with Gasteiger partial charge in [-0.2, -0.15) is 17.2 Å². The molecule has 47 heavy (non-hydrogen) atoms. The summed E-state index contributed by atoms with van der Waals surface area (Å²) in [5.74, 6) is 2.46. The summed E-state index contributed by atoms with van der Waals surface area (Å²) in [6, 6.07) is 38.4. The molecule has 0 amide bonds. The largest absolute Gasteiger partial charge is 2.00 e. The van der Waals surface area contributed by atoms with Gasteiger partial charge in [0.1, 0.15) is 5.82 Å². The molecule has 3 aromatic heterocycles. The number of benzene rings is 4. The molecular weight excluding hydrogens is 760 g/mol. The molecule has 0 radical (unpaired) electrons. The second-order valence-electron chi connectivity index (χ2n) is 13.3. The Morgan fingerprint density at radius 1 is 0.787 bits per heavy atom. The third kappa shape index (κ3) is 6.05. The van der Waals surface area contributed by atoms with Gasteiger partial charge in [-0.15, -0.1) is 35.7 Å². The molecule has 0 fully saturated rings. The van der Waals surface area contributed by atoms with E-state index in [9.17, 15) is 0 Å². The molecule has 238 valence electrons. The summed E-state index contributed by atoms with van der Waals surface area (Å²) in [5.41, 5.74) is 9.78. The second-order valence-corrected chi connectivity index (χ2v) is 13.3. The number of nitrogens with zero attached hydrogens (tertiary/aromatic N) is 4. The minimum Gasteiger partial charge on any atom is -0.509 e. The Labute approximate surface area is 291 Å². The van der Waals surface area contributed by atoms with Gasteiger partial charge in [0.05, 0.1) is 5.69 Å². The molecule has 0 saturated heterocycles. The summed E-state index contributed by atoms with van der Waals surface area (Å²) in [6.45, 7) is 15.4. The molecule has 7 rings (SSSR count). The van der Waals surface area contributed by atoms with Gasteiger partial charge < -0.3 is 9.30 Å². The topological polar surface area (TPSA) is 44.9 Å². The van der Waals surface area contributed by atoms with Crippen LogP contribution in [0.4, 0.5) is 0 Å². The predicted molar refractivity (Wildman–Crippen MR) is 187 cm³/mol. The van der Waals surface area contributed by atoms with Gasteiger partial charge in [0.15, 0.2) is 0 Å². The number of ether oxygens (including phenoxy) is 1. The van der Waals surface area contributed by atoms with Crippen molar-refractivity contribution < 1.29 is 25.8 Å². The molecule has 3 heterocycles. The van der Waals surface area contributed by atoms with E-state index in [0.29, 0.717) is 17.4 Å². The van der Waals surface area contributed by atoms with Gasteiger partial charge in [-0.25, -0.2) is 4.98 Å². The zero-order chi connectivity index (χ0) is 32.2. The smallest absolute Gasteiger partial charge is 0.509 e. The van der Waals surface area contributed by atoms with E-state index < -0.39 is 0 Å². The van der Waals surface area contributed by atoms with Crippen molar-refractivity contribution in [2.45, 2.75) is 54.4 Å².